The molecule has 0 atom stereocenters. The van der Waals surface area contributed by atoms with Gasteiger partial charge in [0.1, 0.15) is 5.75 Å². The van der Waals surface area contributed by atoms with Crippen molar-refractivity contribution in [2.45, 2.75) is 13.8 Å². The van der Waals surface area contributed by atoms with Crippen LogP contribution in [0.4, 0.5) is 5.69 Å². The van der Waals surface area contributed by atoms with Crippen molar-refractivity contribution < 1.29 is 9.53 Å². The van der Waals surface area contributed by atoms with E-state index in [-0.39, 0.29) is 5.78 Å². The number of hydrogen-bond acceptors (Lipinski definition) is 3. The summed E-state index contributed by atoms with van der Waals surface area (Å²) in [5.74, 6) is 0.754. The Balaban J connectivity index is 2.49. The Morgan fingerprint density at radius 3 is 2.21 bits per heavy atom. The zero-order valence-electron chi connectivity index (χ0n) is 11.4. The van der Waals surface area contributed by atoms with Crippen LogP contribution in [0.3, 0.4) is 0 Å². The average molecular weight is 255 g/mol. The monoisotopic (exact) mass is 255 g/mol. The molecular formula is C16H17NO2. The summed E-state index contributed by atoms with van der Waals surface area (Å²) in [5.41, 5.74) is 9.40. The Kier molecular flexibility index (Phi) is 3.56. The molecule has 0 amide bonds. The van der Waals surface area contributed by atoms with Crippen molar-refractivity contribution in [3.63, 3.8) is 0 Å². The first-order chi connectivity index (χ1) is 9.04. The number of carbonyl (C=O) groups is 1. The molecule has 0 fully saturated rings. The second-order valence-corrected chi connectivity index (χ2v) is 4.56. The van der Waals surface area contributed by atoms with Gasteiger partial charge in [0.05, 0.1) is 7.11 Å². The third-order valence-electron chi connectivity index (χ3n) is 3.13. The van der Waals surface area contributed by atoms with Gasteiger partial charge in [0, 0.05) is 16.8 Å². The number of aryl methyl sites for hydroxylation is 2. The molecule has 0 aromatic heterocycles. The highest BCUT2D eigenvalue weighted by molar-refractivity contribution is 6.12. The Labute approximate surface area is 113 Å². The van der Waals surface area contributed by atoms with Crippen LogP contribution in [-0.4, -0.2) is 12.9 Å². The van der Waals surface area contributed by atoms with Crippen LogP contribution in [0.1, 0.15) is 27.0 Å². The number of ether oxygens (including phenoxy) is 1. The molecule has 2 aromatic carbocycles. The predicted octanol–water partition coefficient (Wildman–Crippen LogP) is 3.13. The summed E-state index contributed by atoms with van der Waals surface area (Å²) in [4.78, 5) is 12.5. The zero-order valence-corrected chi connectivity index (χ0v) is 11.4. The minimum atomic E-state index is -0.0630. The van der Waals surface area contributed by atoms with Gasteiger partial charge in [-0.1, -0.05) is 12.1 Å². The molecule has 2 rings (SSSR count). The molecule has 0 heterocycles. The highest BCUT2D eigenvalue weighted by Gasteiger charge is 2.14. The van der Waals surface area contributed by atoms with E-state index in [0.29, 0.717) is 16.8 Å². The number of nitrogens with two attached hydrogens (primary N) is 1. The van der Waals surface area contributed by atoms with Crippen molar-refractivity contribution >= 4 is 11.5 Å². The van der Waals surface area contributed by atoms with Crippen molar-refractivity contribution in [3.05, 3.63) is 58.7 Å². The van der Waals surface area contributed by atoms with E-state index in [1.165, 1.54) is 0 Å². The number of rotatable bonds is 3. The second kappa shape index (κ2) is 5.14. The first kappa shape index (κ1) is 13.1. The van der Waals surface area contributed by atoms with Gasteiger partial charge in [-0.05, 0) is 49.2 Å². The SMILES string of the molecule is COc1c(C)cc(C(=O)c2ccccc2N)cc1C. The van der Waals surface area contributed by atoms with Gasteiger partial charge in [-0.25, -0.2) is 0 Å². The molecule has 2 aromatic rings. The Morgan fingerprint density at radius 1 is 1.11 bits per heavy atom. The highest BCUT2D eigenvalue weighted by Crippen LogP contribution is 2.26. The average Bonchev–Trinajstić information content (AvgIpc) is 2.38. The van der Waals surface area contributed by atoms with Crippen LogP contribution >= 0.6 is 0 Å². The Hall–Kier alpha value is -2.29. The summed E-state index contributed by atoms with van der Waals surface area (Å²) >= 11 is 0. The predicted molar refractivity (Wildman–Crippen MR) is 76.8 cm³/mol. The van der Waals surface area contributed by atoms with Gasteiger partial charge >= 0.3 is 0 Å². The van der Waals surface area contributed by atoms with E-state index >= 15 is 0 Å². The van der Waals surface area contributed by atoms with E-state index in [0.717, 1.165) is 16.9 Å². The van der Waals surface area contributed by atoms with Crippen LogP contribution in [-0.2, 0) is 0 Å². The molecule has 0 aliphatic carbocycles. The van der Waals surface area contributed by atoms with Gasteiger partial charge in [0.2, 0.25) is 0 Å². The third kappa shape index (κ3) is 2.45. The fourth-order valence-electron chi connectivity index (χ4n) is 2.26. The van der Waals surface area contributed by atoms with Crippen molar-refractivity contribution in [2.24, 2.45) is 0 Å². The lowest BCUT2D eigenvalue weighted by Crippen LogP contribution is -2.06. The number of para-hydroxylation sites is 1. The molecule has 0 saturated carbocycles. The maximum atomic E-state index is 12.5. The summed E-state index contributed by atoms with van der Waals surface area (Å²) < 4.78 is 5.30. The maximum Gasteiger partial charge on any atom is 0.195 e. The van der Waals surface area contributed by atoms with Gasteiger partial charge in [0.25, 0.3) is 0 Å². The van der Waals surface area contributed by atoms with Crippen molar-refractivity contribution in [3.8, 4) is 5.75 Å². The summed E-state index contributed by atoms with van der Waals surface area (Å²) in [5, 5.41) is 0. The lowest BCUT2D eigenvalue weighted by molar-refractivity contribution is 0.103. The van der Waals surface area contributed by atoms with Crippen LogP contribution < -0.4 is 10.5 Å². The second-order valence-electron chi connectivity index (χ2n) is 4.56. The van der Waals surface area contributed by atoms with Crippen LogP contribution in [0, 0.1) is 13.8 Å². The molecule has 0 unspecified atom stereocenters. The molecule has 0 aliphatic rings. The lowest BCUT2D eigenvalue weighted by atomic mass is 9.97. The van der Waals surface area contributed by atoms with Crippen molar-refractivity contribution in [1.29, 1.82) is 0 Å². The Morgan fingerprint density at radius 2 is 1.68 bits per heavy atom. The van der Waals surface area contributed by atoms with E-state index in [4.69, 9.17) is 10.5 Å². The molecule has 0 radical (unpaired) electrons. The van der Waals surface area contributed by atoms with E-state index in [2.05, 4.69) is 0 Å². The third-order valence-corrected chi connectivity index (χ3v) is 3.13. The summed E-state index contributed by atoms with van der Waals surface area (Å²) in [6, 6.07) is 10.8. The number of benzene rings is 2. The van der Waals surface area contributed by atoms with E-state index in [9.17, 15) is 4.79 Å². The largest absolute Gasteiger partial charge is 0.496 e. The van der Waals surface area contributed by atoms with E-state index in [1.54, 1.807) is 19.2 Å². The smallest absolute Gasteiger partial charge is 0.195 e. The molecule has 3 heteroatoms. The number of anilines is 1. The zero-order chi connectivity index (χ0) is 14.0. The van der Waals surface area contributed by atoms with Gasteiger partial charge in [-0.3, -0.25) is 4.79 Å². The van der Waals surface area contributed by atoms with E-state index in [1.807, 2.05) is 38.1 Å². The molecule has 0 spiro atoms. The Bertz CT molecular complexity index is 609. The molecular weight excluding hydrogens is 238 g/mol. The minimum absolute atomic E-state index is 0.0630. The molecule has 2 N–H and O–H groups in total. The topological polar surface area (TPSA) is 52.3 Å². The standard InChI is InChI=1S/C16H17NO2/c1-10-8-12(9-11(2)16(10)19-3)15(18)13-6-4-5-7-14(13)17/h4-9H,17H2,1-3H3. The summed E-state index contributed by atoms with van der Waals surface area (Å²) in [7, 11) is 1.63. The van der Waals surface area contributed by atoms with Gasteiger partial charge in [0.15, 0.2) is 5.78 Å². The van der Waals surface area contributed by atoms with Crippen LogP contribution in [0.25, 0.3) is 0 Å². The first-order valence-electron chi connectivity index (χ1n) is 6.09. The molecule has 0 aliphatic heterocycles. The molecule has 19 heavy (non-hydrogen) atoms. The molecule has 98 valence electrons. The maximum absolute atomic E-state index is 12.5. The number of carbonyl (C=O) groups excluding carboxylic acids is 1. The van der Waals surface area contributed by atoms with Crippen LogP contribution in [0.2, 0.25) is 0 Å². The number of ketones is 1. The number of methoxy groups -OCH3 is 1. The van der Waals surface area contributed by atoms with Crippen LogP contribution in [0.15, 0.2) is 36.4 Å². The first-order valence-corrected chi connectivity index (χ1v) is 6.09. The van der Waals surface area contributed by atoms with Gasteiger partial charge in [-0.15, -0.1) is 0 Å². The van der Waals surface area contributed by atoms with Crippen molar-refractivity contribution in [1.82, 2.24) is 0 Å². The quantitative estimate of drug-likeness (QED) is 0.677. The van der Waals surface area contributed by atoms with E-state index < -0.39 is 0 Å². The minimum Gasteiger partial charge on any atom is -0.496 e. The van der Waals surface area contributed by atoms with Gasteiger partial charge < -0.3 is 10.5 Å². The summed E-state index contributed by atoms with van der Waals surface area (Å²) in [6.45, 7) is 3.86. The fraction of sp³-hybridized carbons (Fsp3) is 0.188. The molecule has 3 nitrogen and oxygen atoms in total. The fourth-order valence-corrected chi connectivity index (χ4v) is 2.26. The normalized spacial score (nSPS) is 10.3. The highest BCUT2D eigenvalue weighted by atomic mass is 16.5. The molecule has 0 saturated heterocycles. The lowest BCUT2D eigenvalue weighted by Gasteiger charge is -2.11. The van der Waals surface area contributed by atoms with Crippen LogP contribution in [0.5, 0.6) is 5.75 Å². The van der Waals surface area contributed by atoms with Crippen molar-refractivity contribution in [2.75, 3.05) is 12.8 Å². The molecule has 0 bridgehead atoms. The number of hydrogen-bond donors (Lipinski definition) is 1. The van der Waals surface area contributed by atoms with Gasteiger partial charge in [-0.2, -0.15) is 0 Å². The summed E-state index contributed by atoms with van der Waals surface area (Å²) in [6.07, 6.45) is 0. The number of nitrogen functional groups attached to an aromatic ring is 1.